The van der Waals surface area contributed by atoms with E-state index in [1.807, 2.05) is 6.92 Å². The van der Waals surface area contributed by atoms with E-state index >= 15 is 0 Å². The lowest BCUT2D eigenvalue weighted by molar-refractivity contribution is -0.128. The maximum absolute atomic E-state index is 11.8. The Morgan fingerprint density at radius 2 is 1.86 bits per heavy atom. The lowest BCUT2D eigenvalue weighted by atomic mass is 10.1. The number of amides is 1. The van der Waals surface area contributed by atoms with Crippen LogP contribution in [0.3, 0.4) is 0 Å². The van der Waals surface area contributed by atoms with Crippen LogP contribution < -0.4 is 10.6 Å². The summed E-state index contributed by atoms with van der Waals surface area (Å²) in [5, 5.41) is 5.53. The minimum atomic E-state index is -0.754. The topological polar surface area (TPSA) is 84.5 Å². The third-order valence-corrected chi connectivity index (χ3v) is 2.66. The number of carbonyl (C=O) groups is 3. The van der Waals surface area contributed by atoms with Crippen molar-refractivity contribution in [1.82, 2.24) is 10.6 Å². The summed E-state index contributed by atoms with van der Waals surface area (Å²) >= 11 is 0. The lowest BCUT2D eigenvalue weighted by Crippen LogP contribution is -2.41. The molecule has 0 radical (unpaired) electrons. The van der Waals surface area contributed by atoms with Crippen molar-refractivity contribution in [1.29, 1.82) is 0 Å². The van der Waals surface area contributed by atoms with Gasteiger partial charge in [0.15, 0.2) is 5.78 Å². The zero-order valence-electron chi connectivity index (χ0n) is 13.2. The standard InChI is InChI=1S/C15H26N2O4/c1-5-7-21-8-6-16-11(2)9-15(20)17-14(13(4)19)10-12(3)18/h14,16H,2,5-10H2,1,3-4H3,(H,17,20). The quantitative estimate of drug-likeness (QED) is 0.524. The van der Waals surface area contributed by atoms with Crippen molar-refractivity contribution < 1.29 is 19.1 Å². The predicted octanol–water partition coefficient (Wildman–Crippen LogP) is 0.959. The van der Waals surface area contributed by atoms with Gasteiger partial charge in [-0.1, -0.05) is 13.5 Å². The summed E-state index contributed by atoms with van der Waals surface area (Å²) in [5.41, 5.74) is 0.553. The van der Waals surface area contributed by atoms with Gasteiger partial charge in [-0.15, -0.1) is 0 Å². The maximum Gasteiger partial charge on any atom is 0.226 e. The average molecular weight is 298 g/mol. The van der Waals surface area contributed by atoms with Crippen LogP contribution in [0.5, 0.6) is 0 Å². The van der Waals surface area contributed by atoms with Gasteiger partial charge in [0.05, 0.1) is 19.1 Å². The molecule has 1 amide bonds. The molecule has 0 heterocycles. The summed E-state index contributed by atoms with van der Waals surface area (Å²) in [4.78, 5) is 34.2. The molecule has 0 saturated heterocycles. The molecule has 0 aromatic rings. The van der Waals surface area contributed by atoms with Crippen LogP contribution in [0.4, 0.5) is 0 Å². The molecule has 0 aromatic heterocycles. The van der Waals surface area contributed by atoms with E-state index in [1.54, 1.807) is 0 Å². The molecule has 120 valence electrons. The van der Waals surface area contributed by atoms with Crippen LogP contribution in [0, 0.1) is 0 Å². The Morgan fingerprint density at radius 3 is 2.38 bits per heavy atom. The molecule has 1 atom stereocenters. The molecule has 2 N–H and O–H groups in total. The molecule has 0 aliphatic carbocycles. The van der Waals surface area contributed by atoms with Gasteiger partial charge in [0.2, 0.25) is 5.91 Å². The summed E-state index contributed by atoms with van der Waals surface area (Å²) in [5.74, 6) is -0.700. The van der Waals surface area contributed by atoms with Gasteiger partial charge in [0, 0.05) is 25.3 Å². The SMILES string of the molecule is C=C(CC(=O)NC(CC(C)=O)C(C)=O)NCCOCCC. The average Bonchev–Trinajstić information content (AvgIpc) is 2.36. The van der Waals surface area contributed by atoms with Gasteiger partial charge in [-0.3, -0.25) is 14.4 Å². The first-order valence-electron chi connectivity index (χ1n) is 7.15. The Bertz CT molecular complexity index is 380. The van der Waals surface area contributed by atoms with Gasteiger partial charge in [-0.2, -0.15) is 0 Å². The van der Waals surface area contributed by atoms with Crippen molar-refractivity contribution in [2.45, 2.75) is 46.1 Å². The first-order chi connectivity index (χ1) is 9.86. The van der Waals surface area contributed by atoms with E-state index in [4.69, 9.17) is 4.74 Å². The Morgan fingerprint density at radius 1 is 1.19 bits per heavy atom. The number of ketones is 2. The maximum atomic E-state index is 11.8. The van der Waals surface area contributed by atoms with E-state index in [2.05, 4.69) is 17.2 Å². The molecule has 0 bridgehead atoms. The van der Waals surface area contributed by atoms with Gasteiger partial charge in [0.1, 0.15) is 5.78 Å². The minimum absolute atomic E-state index is 0.0197. The number of ether oxygens (including phenoxy) is 1. The molecule has 21 heavy (non-hydrogen) atoms. The number of nitrogens with one attached hydrogen (secondary N) is 2. The summed E-state index contributed by atoms with van der Waals surface area (Å²) in [6.07, 6.45) is 1.05. The molecule has 6 heteroatoms. The van der Waals surface area contributed by atoms with E-state index in [0.717, 1.165) is 6.42 Å². The summed E-state index contributed by atoms with van der Waals surface area (Å²) in [6.45, 7) is 10.4. The largest absolute Gasteiger partial charge is 0.386 e. The second-order valence-corrected chi connectivity index (χ2v) is 4.96. The third-order valence-electron chi connectivity index (χ3n) is 2.66. The number of Topliss-reactive ketones (excluding diaryl/α,β-unsaturated/α-hetero) is 2. The van der Waals surface area contributed by atoms with E-state index in [-0.39, 0.29) is 30.3 Å². The normalized spacial score (nSPS) is 11.6. The number of carbonyl (C=O) groups excluding carboxylic acids is 3. The Hall–Kier alpha value is -1.69. The van der Waals surface area contributed by atoms with E-state index in [9.17, 15) is 14.4 Å². The molecule has 0 spiro atoms. The Balaban J connectivity index is 4.02. The fourth-order valence-electron chi connectivity index (χ4n) is 1.63. The monoisotopic (exact) mass is 298 g/mol. The van der Waals surface area contributed by atoms with Crippen molar-refractivity contribution in [2.75, 3.05) is 19.8 Å². The number of rotatable bonds is 12. The van der Waals surface area contributed by atoms with Crippen molar-refractivity contribution in [3.63, 3.8) is 0 Å². The summed E-state index contributed by atoms with van der Waals surface area (Å²) in [6, 6.07) is -0.754. The molecule has 6 nitrogen and oxygen atoms in total. The second kappa shape index (κ2) is 11.0. The van der Waals surface area contributed by atoms with Crippen LogP contribution in [0.2, 0.25) is 0 Å². The van der Waals surface area contributed by atoms with Crippen molar-refractivity contribution >= 4 is 17.5 Å². The van der Waals surface area contributed by atoms with Gasteiger partial charge in [-0.05, 0) is 20.3 Å². The first-order valence-corrected chi connectivity index (χ1v) is 7.15. The fourth-order valence-corrected chi connectivity index (χ4v) is 1.63. The molecule has 1 unspecified atom stereocenters. The molecular weight excluding hydrogens is 272 g/mol. The highest BCUT2D eigenvalue weighted by molar-refractivity contribution is 5.92. The van der Waals surface area contributed by atoms with Crippen LogP contribution in [0.15, 0.2) is 12.3 Å². The highest BCUT2D eigenvalue weighted by atomic mass is 16.5. The van der Waals surface area contributed by atoms with Crippen LogP contribution in [0.25, 0.3) is 0 Å². The van der Waals surface area contributed by atoms with E-state index in [0.29, 0.717) is 25.5 Å². The van der Waals surface area contributed by atoms with E-state index in [1.165, 1.54) is 13.8 Å². The number of hydrogen-bond donors (Lipinski definition) is 2. The Labute approximate surface area is 126 Å². The zero-order chi connectivity index (χ0) is 16.3. The molecule has 0 aliphatic rings. The molecule has 0 aliphatic heterocycles. The minimum Gasteiger partial charge on any atom is -0.386 e. The molecular formula is C15H26N2O4. The first kappa shape index (κ1) is 19.3. The third kappa shape index (κ3) is 10.7. The smallest absolute Gasteiger partial charge is 0.226 e. The fraction of sp³-hybridized carbons (Fsp3) is 0.667. The van der Waals surface area contributed by atoms with Crippen molar-refractivity contribution in [2.24, 2.45) is 0 Å². The van der Waals surface area contributed by atoms with Crippen molar-refractivity contribution in [3.8, 4) is 0 Å². The molecule has 0 fully saturated rings. The summed E-state index contributed by atoms with van der Waals surface area (Å²) in [7, 11) is 0. The number of hydrogen-bond acceptors (Lipinski definition) is 5. The summed E-state index contributed by atoms with van der Waals surface area (Å²) < 4.78 is 5.29. The van der Waals surface area contributed by atoms with Crippen LogP contribution in [-0.4, -0.2) is 43.3 Å². The molecule has 0 aromatic carbocycles. The highest BCUT2D eigenvalue weighted by Gasteiger charge is 2.18. The van der Waals surface area contributed by atoms with Crippen LogP contribution in [-0.2, 0) is 19.1 Å². The van der Waals surface area contributed by atoms with Gasteiger partial charge in [0.25, 0.3) is 0 Å². The van der Waals surface area contributed by atoms with E-state index < -0.39 is 6.04 Å². The predicted molar refractivity (Wildman–Crippen MR) is 80.8 cm³/mol. The second-order valence-electron chi connectivity index (χ2n) is 4.96. The molecule has 0 rings (SSSR count). The highest BCUT2D eigenvalue weighted by Crippen LogP contribution is 1.99. The lowest BCUT2D eigenvalue weighted by Gasteiger charge is -2.15. The van der Waals surface area contributed by atoms with Gasteiger partial charge < -0.3 is 15.4 Å². The van der Waals surface area contributed by atoms with Gasteiger partial charge >= 0.3 is 0 Å². The Kier molecular flexibility index (Phi) is 10.1. The molecule has 0 saturated carbocycles. The van der Waals surface area contributed by atoms with Gasteiger partial charge in [-0.25, -0.2) is 0 Å². The van der Waals surface area contributed by atoms with Crippen molar-refractivity contribution in [3.05, 3.63) is 12.3 Å². The van der Waals surface area contributed by atoms with Crippen LogP contribution >= 0.6 is 0 Å². The van der Waals surface area contributed by atoms with Crippen LogP contribution in [0.1, 0.15) is 40.0 Å². The zero-order valence-corrected chi connectivity index (χ0v) is 13.2.